The average molecular weight is 366 g/mol. The number of hydrogen-bond acceptors (Lipinski definition) is 6. The van der Waals surface area contributed by atoms with Crippen molar-refractivity contribution in [1.82, 2.24) is 20.3 Å². The molecule has 2 fully saturated rings. The summed E-state index contributed by atoms with van der Waals surface area (Å²) in [6.07, 6.45) is 9.47. The maximum absolute atomic E-state index is 12.4. The topological polar surface area (TPSA) is 83.0 Å². The molecule has 0 spiro atoms. The third-order valence-corrected chi connectivity index (χ3v) is 5.30. The van der Waals surface area contributed by atoms with Gasteiger partial charge in [0.15, 0.2) is 0 Å². The van der Waals surface area contributed by atoms with Gasteiger partial charge in [0.1, 0.15) is 18.0 Å². The number of pyridine rings is 1. The molecule has 27 heavy (non-hydrogen) atoms. The Kier molecular flexibility index (Phi) is 5.46. The van der Waals surface area contributed by atoms with Crippen molar-refractivity contribution in [3.05, 3.63) is 42.5 Å². The zero-order valence-electron chi connectivity index (χ0n) is 15.5. The van der Waals surface area contributed by atoms with Gasteiger partial charge in [-0.1, -0.05) is 6.07 Å². The molecular formula is C20H26N6O. The van der Waals surface area contributed by atoms with E-state index in [-0.39, 0.29) is 11.8 Å². The monoisotopic (exact) mass is 366 g/mol. The van der Waals surface area contributed by atoms with Gasteiger partial charge in [-0.3, -0.25) is 9.78 Å². The Balaban J connectivity index is 1.25. The predicted molar refractivity (Wildman–Crippen MR) is 104 cm³/mol. The minimum Gasteiger partial charge on any atom is -0.370 e. The highest BCUT2D eigenvalue weighted by Gasteiger charge is 2.26. The quantitative estimate of drug-likeness (QED) is 0.782. The molecule has 0 aromatic carbocycles. The Labute approximate surface area is 159 Å². The van der Waals surface area contributed by atoms with Crippen LogP contribution in [0.2, 0.25) is 0 Å². The lowest BCUT2D eigenvalue weighted by atomic mass is 9.96. The summed E-state index contributed by atoms with van der Waals surface area (Å²) in [4.78, 5) is 27.5. The highest BCUT2D eigenvalue weighted by molar-refractivity contribution is 5.79. The van der Waals surface area contributed by atoms with E-state index in [1.807, 2.05) is 18.2 Å². The van der Waals surface area contributed by atoms with Crippen LogP contribution in [0.5, 0.6) is 0 Å². The van der Waals surface area contributed by atoms with E-state index < -0.39 is 0 Å². The minimum absolute atomic E-state index is 0.0622. The van der Waals surface area contributed by atoms with Crippen molar-refractivity contribution in [1.29, 1.82) is 0 Å². The van der Waals surface area contributed by atoms with Gasteiger partial charge in [-0.25, -0.2) is 9.97 Å². The summed E-state index contributed by atoms with van der Waals surface area (Å²) in [5, 5.41) is 6.43. The Bertz CT molecular complexity index is 756. The Morgan fingerprint density at radius 1 is 1.19 bits per heavy atom. The molecule has 7 heteroatoms. The second-order valence-electron chi connectivity index (χ2n) is 7.43. The first-order valence-electron chi connectivity index (χ1n) is 9.75. The van der Waals surface area contributed by atoms with Crippen LogP contribution in [0, 0.1) is 11.8 Å². The number of carbonyl (C=O) groups is 1. The molecule has 0 bridgehead atoms. The van der Waals surface area contributed by atoms with Crippen molar-refractivity contribution in [2.75, 3.05) is 29.9 Å². The van der Waals surface area contributed by atoms with E-state index in [1.54, 1.807) is 18.7 Å². The van der Waals surface area contributed by atoms with Crippen LogP contribution in [0.4, 0.5) is 11.6 Å². The first-order valence-corrected chi connectivity index (χ1v) is 9.75. The van der Waals surface area contributed by atoms with Gasteiger partial charge in [0.05, 0.1) is 0 Å². The fourth-order valence-corrected chi connectivity index (χ4v) is 3.39. The predicted octanol–water partition coefficient (Wildman–Crippen LogP) is 2.23. The standard InChI is InChI=1S/C20H26N6O/c27-20(23-13-16-2-1-7-21-11-16)17-5-8-26(9-6-17)19-10-18(24-14-25-19)22-12-15-3-4-15/h1-2,7,10-11,14-15,17H,3-6,8-9,12-13H2,(H,23,27)(H,22,24,25). The molecule has 1 saturated heterocycles. The van der Waals surface area contributed by atoms with Crippen LogP contribution in [-0.4, -0.2) is 40.5 Å². The van der Waals surface area contributed by atoms with Crippen LogP contribution in [0.1, 0.15) is 31.2 Å². The number of hydrogen-bond donors (Lipinski definition) is 2. The van der Waals surface area contributed by atoms with Gasteiger partial charge in [0.25, 0.3) is 0 Å². The van der Waals surface area contributed by atoms with Gasteiger partial charge in [-0.2, -0.15) is 0 Å². The molecule has 2 N–H and O–H groups in total. The normalized spacial score (nSPS) is 17.6. The van der Waals surface area contributed by atoms with Gasteiger partial charge in [-0.15, -0.1) is 0 Å². The lowest BCUT2D eigenvalue weighted by Gasteiger charge is -2.32. The second kappa shape index (κ2) is 8.33. The van der Waals surface area contributed by atoms with Crippen LogP contribution in [-0.2, 0) is 11.3 Å². The largest absolute Gasteiger partial charge is 0.370 e. The molecule has 2 aromatic heterocycles. The summed E-state index contributed by atoms with van der Waals surface area (Å²) >= 11 is 0. The van der Waals surface area contributed by atoms with E-state index in [1.165, 1.54) is 12.8 Å². The first kappa shape index (κ1) is 17.7. The number of aromatic nitrogens is 3. The van der Waals surface area contributed by atoms with E-state index >= 15 is 0 Å². The summed E-state index contributed by atoms with van der Waals surface area (Å²) < 4.78 is 0. The summed E-state index contributed by atoms with van der Waals surface area (Å²) in [7, 11) is 0. The Hall–Kier alpha value is -2.70. The molecule has 1 aliphatic heterocycles. The van der Waals surface area contributed by atoms with Crippen molar-refractivity contribution in [3.8, 4) is 0 Å². The lowest BCUT2D eigenvalue weighted by molar-refractivity contribution is -0.125. The molecule has 2 aliphatic rings. The van der Waals surface area contributed by atoms with Gasteiger partial charge in [-0.05, 0) is 43.2 Å². The fraction of sp³-hybridized carbons (Fsp3) is 0.500. The number of amides is 1. The number of anilines is 2. The molecule has 3 heterocycles. The van der Waals surface area contributed by atoms with Crippen molar-refractivity contribution in [2.24, 2.45) is 11.8 Å². The van der Waals surface area contributed by atoms with Gasteiger partial charge in [0.2, 0.25) is 5.91 Å². The highest BCUT2D eigenvalue weighted by atomic mass is 16.1. The van der Waals surface area contributed by atoms with E-state index in [0.29, 0.717) is 6.54 Å². The number of nitrogens with one attached hydrogen (secondary N) is 2. The fourth-order valence-electron chi connectivity index (χ4n) is 3.39. The molecule has 0 unspecified atom stereocenters. The van der Waals surface area contributed by atoms with E-state index in [4.69, 9.17) is 0 Å². The van der Waals surface area contributed by atoms with Crippen molar-refractivity contribution >= 4 is 17.5 Å². The molecule has 1 saturated carbocycles. The number of piperidine rings is 1. The average Bonchev–Trinajstić information content (AvgIpc) is 3.56. The van der Waals surface area contributed by atoms with E-state index in [2.05, 4.69) is 30.5 Å². The zero-order valence-corrected chi connectivity index (χ0v) is 15.5. The van der Waals surface area contributed by atoms with Crippen molar-refractivity contribution < 1.29 is 4.79 Å². The zero-order chi connectivity index (χ0) is 18.5. The van der Waals surface area contributed by atoms with Crippen LogP contribution in [0.15, 0.2) is 36.9 Å². The number of rotatable bonds is 7. The van der Waals surface area contributed by atoms with Crippen LogP contribution in [0.3, 0.4) is 0 Å². The lowest BCUT2D eigenvalue weighted by Crippen LogP contribution is -2.40. The van der Waals surface area contributed by atoms with Crippen molar-refractivity contribution in [3.63, 3.8) is 0 Å². The molecule has 1 amide bonds. The summed E-state index contributed by atoms with van der Waals surface area (Å²) in [6.45, 7) is 3.21. The molecule has 0 atom stereocenters. The second-order valence-corrected chi connectivity index (χ2v) is 7.43. The Morgan fingerprint density at radius 3 is 2.78 bits per heavy atom. The van der Waals surface area contributed by atoms with Crippen molar-refractivity contribution in [2.45, 2.75) is 32.2 Å². The summed E-state index contributed by atoms with van der Waals surface area (Å²) in [5.41, 5.74) is 1.02. The highest BCUT2D eigenvalue weighted by Crippen LogP contribution is 2.29. The number of carbonyl (C=O) groups excluding carboxylic acids is 1. The van der Waals surface area contributed by atoms with Crippen LogP contribution in [0.25, 0.3) is 0 Å². The number of nitrogens with zero attached hydrogens (tertiary/aromatic N) is 4. The maximum atomic E-state index is 12.4. The molecule has 7 nitrogen and oxygen atoms in total. The van der Waals surface area contributed by atoms with Crippen LogP contribution < -0.4 is 15.5 Å². The third kappa shape index (κ3) is 4.93. The van der Waals surface area contributed by atoms with Gasteiger partial charge < -0.3 is 15.5 Å². The van der Waals surface area contributed by atoms with Gasteiger partial charge >= 0.3 is 0 Å². The first-order chi connectivity index (χ1) is 13.3. The molecule has 1 aliphatic carbocycles. The third-order valence-electron chi connectivity index (χ3n) is 5.30. The molecular weight excluding hydrogens is 340 g/mol. The van der Waals surface area contributed by atoms with E-state index in [9.17, 15) is 4.79 Å². The Morgan fingerprint density at radius 2 is 2.04 bits per heavy atom. The molecule has 0 radical (unpaired) electrons. The van der Waals surface area contributed by atoms with E-state index in [0.717, 1.165) is 55.6 Å². The minimum atomic E-state index is 0.0622. The molecule has 4 rings (SSSR count). The summed E-state index contributed by atoms with van der Waals surface area (Å²) in [5.74, 6) is 2.84. The smallest absolute Gasteiger partial charge is 0.223 e. The maximum Gasteiger partial charge on any atom is 0.223 e. The summed E-state index contributed by atoms with van der Waals surface area (Å²) in [6, 6.07) is 5.88. The van der Waals surface area contributed by atoms with Gasteiger partial charge in [0, 0.05) is 50.6 Å². The SMILES string of the molecule is O=C(NCc1cccnc1)C1CCN(c2cc(NCC3CC3)ncn2)CC1. The molecule has 142 valence electrons. The van der Waals surface area contributed by atoms with Crippen LogP contribution >= 0.6 is 0 Å². The molecule has 2 aromatic rings.